The van der Waals surface area contributed by atoms with Gasteiger partial charge in [-0.2, -0.15) is 9.03 Å². The first-order chi connectivity index (χ1) is 14.2. The smallest absolute Gasteiger partial charge is 0.243 e. The van der Waals surface area contributed by atoms with Crippen molar-refractivity contribution in [2.75, 3.05) is 18.4 Å². The molecule has 10 heteroatoms. The van der Waals surface area contributed by atoms with Gasteiger partial charge in [0.2, 0.25) is 26.0 Å². The van der Waals surface area contributed by atoms with E-state index in [1.807, 2.05) is 0 Å². The summed E-state index contributed by atoms with van der Waals surface area (Å²) in [7, 11) is -7.49. The van der Waals surface area contributed by atoms with Crippen LogP contribution in [0.25, 0.3) is 0 Å². The number of carbonyl (C=O) groups excluding carboxylic acids is 1. The predicted octanol–water partition coefficient (Wildman–Crippen LogP) is 2.17. The molecular formula is C20H25N3O5S2. The lowest BCUT2D eigenvalue weighted by Gasteiger charge is -2.26. The second kappa shape index (κ2) is 9.25. The fraction of sp³-hybridized carbons (Fsp3) is 0.350. The van der Waals surface area contributed by atoms with E-state index in [4.69, 9.17) is 0 Å². The van der Waals surface area contributed by atoms with E-state index in [1.54, 1.807) is 30.3 Å². The Morgan fingerprint density at radius 2 is 1.53 bits per heavy atom. The Bertz CT molecular complexity index is 1100. The molecule has 1 fully saturated rings. The molecule has 3 rings (SSSR count). The van der Waals surface area contributed by atoms with Gasteiger partial charge in [0.25, 0.3) is 0 Å². The van der Waals surface area contributed by atoms with Gasteiger partial charge in [0.15, 0.2) is 0 Å². The highest BCUT2D eigenvalue weighted by Crippen LogP contribution is 2.23. The molecule has 0 bridgehead atoms. The molecule has 1 atom stereocenters. The maximum absolute atomic E-state index is 12.8. The molecule has 2 aromatic rings. The Morgan fingerprint density at radius 1 is 0.900 bits per heavy atom. The van der Waals surface area contributed by atoms with E-state index in [0.29, 0.717) is 13.1 Å². The number of carbonyl (C=O) groups is 1. The normalized spacial score (nSPS) is 16.7. The summed E-state index contributed by atoms with van der Waals surface area (Å²) in [6.07, 6.45) is 2.67. The Kier molecular flexibility index (Phi) is 6.91. The van der Waals surface area contributed by atoms with Gasteiger partial charge in [-0.1, -0.05) is 30.7 Å². The fourth-order valence-electron chi connectivity index (χ4n) is 3.19. The van der Waals surface area contributed by atoms with Gasteiger partial charge in [0.05, 0.1) is 15.8 Å². The zero-order valence-electron chi connectivity index (χ0n) is 16.6. The zero-order chi connectivity index (χ0) is 21.8. The summed E-state index contributed by atoms with van der Waals surface area (Å²) < 4.78 is 54.2. The molecule has 1 aliphatic rings. The summed E-state index contributed by atoms with van der Waals surface area (Å²) in [6.45, 7) is 2.39. The molecule has 2 N–H and O–H groups in total. The Hall–Kier alpha value is -2.27. The second-order valence-electron chi connectivity index (χ2n) is 7.14. The van der Waals surface area contributed by atoms with Crippen molar-refractivity contribution in [2.24, 2.45) is 0 Å². The van der Waals surface area contributed by atoms with Crippen molar-refractivity contribution in [3.63, 3.8) is 0 Å². The summed E-state index contributed by atoms with van der Waals surface area (Å²) in [5.41, 5.74) is 0.281. The number of sulfonamides is 2. The molecular weight excluding hydrogens is 426 g/mol. The van der Waals surface area contributed by atoms with Crippen LogP contribution in [0.1, 0.15) is 26.2 Å². The third kappa shape index (κ3) is 5.25. The number of amides is 1. The first kappa shape index (κ1) is 22.4. The van der Waals surface area contributed by atoms with E-state index < -0.39 is 32.0 Å². The minimum absolute atomic E-state index is 0.0549. The van der Waals surface area contributed by atoms with E-state index in [0.717, 1.165) is 19.3 Å². The number of piperidine rings is 1. The van der Waals surface area contributed by atoms with Crippen LogP contribution in [0.4, 0.5) is 5.69 Å². The van der Waals surface area contributed by atoms with Crippen molar-refractivity contribution in [1.29, 1.82) is 0 Å². The summed E-state index contributed by atoms with van der Waals surface area (Å²) >= 11 is 0. The van der Waals surface area contributed by atoms with Crippen molar-refractivity contribution < 1.29 is 21.6 Å². The molecule has 162 valence electrons. The van der Waals surface area contributed by atoms with Crippen LogP contribution < -0.4 is 10.0 Å². The van der Waals surface area contributed by atoms with Gasteiger partial charge in [-0.25, -0.2) is 16.8 Å². The first-order valence-corrected chi connectivity index (χ1v) is 12.6. The fourth-order valence-corrected chi connectivity index (χ4v) is 5.98. The predicted molar refractivity (Wildman–Crippen MR) is 114 cm³/mol. The van der Waals surface area contributed by atoms with Gasteiger partial charge < -0.3 is 5.32 Å². The van der Waals surface area contributed by atoms with Crippen molar-refractivity contribution >= 4 is 31.6 Å². The molecule has 0 aliphatic carbocycles. The number of hydrogen-bond donors (Lipinski definition) is 2. The summed E-state index contributed by atoms with van der Waals surface area (Å²) in [4.78, 5) is 12.6. The largest absolute Gasteiger partial charge is 0.325 e. The number of nitrogens with zero attached hydrogens (tertiary/aromatic N) is 1. The van der Waals surface area contributed by atoms with Crippen LogP contribution in [0.5, 0.6) is 0 Å². The van der Waals surface area contributed by atoms with Crippen molar-refractivity contribution in [3.05, 3.63) is 54.6 Å². The number of hydrogen-bond acceptors (Lipinski definition) is 5. The minimum atomic E-state index is -3.86. The van der Waals surface area contributed by atoms with Crippen molar-refractivity contribution in [1.82, 2.24) is 9.03 Å². The Labute approximate surface area is 177 Å². The van der Waals surface area contributed by atoms with Gasteiger partial charge in [-0.15, -0.1) is 0 Å². The standard InChI is InChI=1S/C20H25N3O5S2/c1-16(22-29(25,26)18-10-4-2-5-11-18)20(24)21-17-9-8-12-19(15-17)30(27,28)23-13-6-3-7-14-23/h2,4-5,8-12,15-16,22H,3,6-7,13-14H2,1H3,(H,21,24)/t16-/m0/s1. The Balaban J connectivity index is 1.70. The van der Waals surface area contributed by atoms with E-state index in [1.165, 1.54) is 35.5 Å². The number of benzene rings is 2. The monoisotopic (exact) mass is 451 g/mol. The maximum Gasteiger partial charge on any atom is 0.243 e. The molecule has 0 spiro atoms. The molecule has 0 aromatic heterocycles. The summed E-state index contributed by atoms with van der Waals surface area (Å²) in [5.74, 6) is -0.595. The topological polar surface area (TPSA) is 113 Å². The van der Waals surface area contributed by atoms with Crippen LogP contribution in [0.15, 0.2) is 64.4 Å². The third-order valence-electron chi connectivity index (χ3n) is 4.83. The van der Waals surface area contributed by atoms with Crippen LogP contribution in [0, 0.1) is 0 Å². The SMILES string of the molecule is C[C@H](NS(=O)(=O)c1ccccc1)C(=O)Nc1cccc(S(=O)(=O)N2CCCCC2)c1. The average Bonchev–Trinajstić information content (AvgIpc) is 2.75. The van der Waals surface area contributed by atoms with Crippen LogP contribution in [0.3, 0.4) is 0 Å². The van der Waals surface area contributed by atoms with Crippen molar-refractivity contribution in [3.8, 4) is 0 Å². The lowest BCUT2D eigenvalue weighted by Crippen LogP contribution is -2.41. The lowest BCUT2D eigenvalue weighted by atomic mass is 10.2. The lowest BCUT2D eigenvalue weighted by molar-refractivity contribution is -0.117. The van der Waals surface area contributed by atoms with Gasteiger partial charge in [-0.05, 0) is 50.1 Å². The van der Waals surface area contributed by atoms with Crippen molar-refractivity contribution in [2.45, 2.75) is 42.0 Å². The van der Waals surface area contributed by atoms with E-state index in [-0.39, 0.29) is 15.5 Å². The molecule has 0 radical (unpaired) electrons. The molecule has 1 aliphatic heterocycles. The molecule has 2 aromatic carbocycles. The highest BCUT2D eigenvalue weighted by atomic mass is 32.2. The summed E-state index contributed by atoms with van der Waals surface area (Å²) in [6, 6.07) is 12.7. The summed E-state index contributed by atoms with van der Waals surface area (Å²) in [5, 5.41) is 2.58. The third-order valence-corrected chi connectivity index (χ3v) is 8.28. The van der Waals surface area contributed by atoms with Crippen LogP contribution in [0.2, 0.25) is 0 Å². The van der Waals surface area contributed by atoms with Crippen LogP contribution in [-0.4, -0.2) is 46.2 Å². The van der Waals surface area contributed by atoms with Gasteiger partial charge in [0, 0.05) is 18.8 Å². The number of nitrogens with one attached hydrogen (secondary N) is 2. The van der Waals surface area contributed by atoms with E-state index >= 15 is 0 Å². The van der Waals surface area contributed by atoms with E-state index in [2.05, 4.69) is 10.0 Å². The van der Waals surface area contributed by atoms with Crippen LogP contribution >= 0.6 is 0 Å². The minimum Gasteiger partial charge on any atom is -0.325 e. The maximum atomic E-state index is 12.8. The second-order valence-corrected chi connectivity index (χ2v) is 10.8. The highest BCUT2D eigenvalue weighted by molar-refractivity contribution is 7.89. The molecule has 1 saturated heterocycles. The van der Waals surface area contributed by atoms with Gasteiger partial charge in [0.1, 0.15) is 0 Å². The first-order valence-electron chi connectivity index (χ1n) is 9.68. The van der Waals surface area contributed by atoms with Crippen LogP contribution in [-0.2, 0) is 24.8 Å². The quantitative estimate of drug-likeness (QED) is 0.670. The number of anilines is 1. The Morgan fingerprint density at radius 3 is 2.20 bits per heavy atom. The molecule has 1 heterocycles. The zero-order valence-corrected chi connectivity index (χ0v) is 18.2. The molecule has 8 nitrogen and oxygen atoms in total. The van der Waals surface area contributed by atoms with E-state index in [9.17, 15) is 21.6 Å². The van der Waals surface area contributed by atoms with Gasteiger partial charge >= 0.3 is 0 Å². The average molecular weight is 452 g/mol. The highest BCUT2D eigenvalue weighted by Gasteiger charge is 2.27. The number of rotatable bonds is 7. The molecule has 1 amide bonds. The molecule has 0 saturated carbocycles. The molecule has 0 unspecified atom stereocenters. The van der Waals surface area contributed by atoms with Gasteiger partial charge in [-0.3, -0.25) is 4.79 Å². The molecule has 30 heavy (non-hydrogen) atoms.